The van der Waals surface area contributed by atoms with Gasteiger partial charge in [-0.15, -0.1) is 0 Å². The van der Waals surface area contributed by atoms with Crippen LogP contribution in [0.15, 0.2) is 24.3 Å². The fourth-order valence-corrected chi connectivity index (χ4v) is 1.88. The number of nitrogens with one attached hydrogen (secondary N) is 1. The van der Waals surface area contributed by atoms with Gasteiger partial charge in [0.05, 0.1) is 0 Å². The molecule has 19 heavy (non-hydrogen) atoms. The molecule has 0 amide bonds. The van der Waals surface area contributed by atoms with Gasteiger partial charge < -0.3 is 15.2 Å². The number of aliphatic hydroxyl groups is 1. The highest BCUT2D eigenvalue weighted by atomic mass is 19.1. The molecule has 0 heterocycles. The van der Waals surface area contributed by atoms with Crippen LogP contribution in [0.25, 0.3) is 0 Å². The Morgan fingerprint density at radius 3 is 2.53 bits per heavy atom. The lowest BCUT2D eigenvalue weighted by atomic mass is 10.1. The number of halogens is 1. The Kier molecular flexibility index (Phi) is 7.45. The predicted octanol–water partition coefficient (Wildman–Crippen LogP) is 2.73. The third kappa shape index (κ3) is 6.55. The van der Waals surface area contributed by atoms with Gasteiger partial charge in [-0.3, -0.25) is 0 Å². The van der Waals surface area contributed by atoms with Gasteiger partial charge in [0.1, 0.15) is 24.3 Å². The van der Waals surface area contributed by atoms with Crippen molar-refractivity contribution in [3.63, 3.8) is 0 Å². The molecule has 2 N–H and O–H groups in total. The summed E-state index contributed by atoms with van der Waals surface area (Å²) < 4.78 is 18.1. The summed E-state index contributed by atoms with van der Waals surface area (Å²) in [6, 6.07) is 6.25. The lowest BCUT2D eigenvalue weighted by Crippen LogP contribution is -2.37. The second kappa shape index (κ2) is 8.88. The third-order valence-electron chi connectivity index (χ3n) is 3.03. The molecule has 1 aromatic carbocycles. The van der Waals surface area contributed by atoms with Crippen LogP contribution in [-0.4, -0.2) is 30.4 Å². The highest BCUT2D eigenvalue weighted by molar-refractivity contribution is 5.22. The predicted molar refractivity (Wildman–Crippen MR) is 74.9 cm³/mol. The lowest BCUT2D eigenvalue weighted by Gasteiger charge is -2.19. The molecule has 1 aromatic rings. The van der Waals surface area contributed by atoms with Gasteiger partial charge in [0.2, 0.25) is 0 Å². The summed E-state index contributed by atoms with van der Waals surface area (Å²) in [6.07, 6.45) is 2.74. The molecular weight excluding hydrogens is 245 g/mol. The Hall–Kier alpha value is -1.13. The SMILES string of the molecule is CCCC(CC)NCC(O)COc1ccc(F)cc1. The maximum atomic E-state index is 12.7. The fourth-order valence-electron chi connectivity index (χ4n) is 1.88. The van der Waals surface area contributed by atoms with Crippen LogP contribution < -0.4 is 10.1 Å². The molecule has 3 nitrogen and oxygen atoms in total. The molecule has 1 rings (SSSR count). The van der Waals surface area contributed by atoms with Crippen LogP contribution in [0.2, 0.25) is 0 Å². The van der Waals surface area contributed by atoms with Crippen molar-refractivity contribution in [1.29, 1.82) is 0 Å². The Labute approximate surface area is 114 Å². The molecule has 0 spiro atoms. The first-order valence-electron chi connectivity index (χ1n) is 6.95. The Morgan fingerprint density at radius 1 is 1.26 bits per heavy atom. The number of ether oxygens (including phenoxy) is 1. The molecule has 0 saturated carbocycles. The largest absolute Gasteiger partial charge is 0.491 e. The van der Waals surface area contributed by atoms with Crippen LogP contribution in [0.3, 0.4) is 0 Å². The van der Waals surface area contributed by atoms with Crippen LogP contribution >= 0.6 is 0 Å². The molecule has 108 valence electrons. The summed E-state index contributed by atoms with van der Waals surface area (Å²) in [5.41, 5.74) is 0. The van der Waals surface area contributed by atoms with E-state index in [4.69, 9.17) is 4.74 Å². The molecule has 2 unspecified atom stereocenters. The number of rotatable bonds is 9. The molecule has 0 aliphatic heterocycles. The summed E-state index contributed by atoms with van der Waals surface area (Å²) in [6.45, 7) is 5.01. The summed E-state index contributed by atoms with van der Waals surface area (Å²) in [4.78, 5) is 0. The van der Waals surface area contributed by atoms with Gasteiger partial charge >= 0.3 is 0 Å². The molecule has 0 bridgehead atoms. The number of hydrogen-bond donors (Lipinski definition) is 2. The van der Waals surface area contributed by atoms with Crippen LogP contribution in [0, 0.1) is 5.82 Å². The van der Waals surface area contributed by atoms with Gasteiger partial charge in [0.15, 0.2) is 0 Å². The van der Waals surface area contributed by atoms with Gasteiger partial charge in [0, 0.05) is 12.6 Å². The maximum Gasteiger partial charge on any atom is 0.123 e. The number of aliphatic hydroxyl groups excluding tert-OH is 1. The minimum atomic E-state index is -0.559. The van der Waals surface area contributed by atoms with Crippen molar-refractivity contribution in [3.8, 4) is 5.75 Å². The summed E-state index contributed by atoms with van der Waals surface area (Å²) in [5, 5.41) is 13.1. The molecule has 0 aliphatic rings. The smallest absolute Gasteiger partial charge is 0.123 e. The monoisotopic (exact) mass is 269 g/mol. The van der Waals surface area contributed by atoms with Gasteiger partial charge in [-0.25, -0.2) is 4.39 Å². The second-order valence-electron chi connectivity index (χ2n) is 4.72. The quantitative estimate of drug-likeness (QED) is 0.724. The van der Waals surface area contributed by atoms with Crippen LogP contribution in [0.5, 0.6) is 5.75 Å². The van der Waals surface area contributed by atoms with E-state index >= 15 is 0 Å². The van der Waals surface area contributed by atoms with E-state index in [1.165, 1.54) is 12.1 Å². The van der Waals surface area contributed by atoms with Crippen molar-refractivity contribution in [1.82, 2.24) is 5.32 Å². The molecule has 4 heteroatoms. The van der Waals surface area contributed by atoms with E-state index in [0.29, 0.717) is 18.3 Å². The van der Waals surface area contributed by atoms with Crippen LogP contribution in [0.1, 0.15) is 33.1 Å². The van der Waals surface area contributed by atoms with Crippen molar-refractivity contribution in [2.24, 2.45) is 0 Å². The van der Waals surface area contributed by atoms with Crippen LogP contribution in [-0.2, 0) is 0 Å². The molecular formula is C15H24FNO2. The van der Waals surface area contributed by atoms with E-state index in [1.54, 1.807) is 12.1 Å². The number of benzene rings is 1. The molecule has 0 aliphatic carbocycles. The van der Waals surface area contributed by atoms with Gasteiger partial charge in [0.25, 0.3) is 0 Å². The Bertz CT molecular complexity index is 343. The highest BCUT2D eigenvalue weighted by Gasteiger charge is 2.09. The molecule has 0 saturated heterocycles. The summed E-state index contributed by atoms with van der Waals surface area (Å²) in [7, 11) is 0. The first kappa shape index (κ1) is 15.9. The summed E-state index contributed by atoms with van der Waals surface area (Å²) >= 11 is 0. The van der Waals surface area contributed by atoms with Crippen molar-refractivity contribution in [2.75, 3.05) is 13.2 Å². The van der Waals surface area contributed by atoms with Gasteiger partial charge in [-0.1, -0.05) is 20.3 Å². The third-order valence-corrected chi connectivity index (χ3v) is 3.03. The van der Waals surface area contributed by atoms with E-state index in [2.05, 4.69) is 19.2 Å². The maximum absolute atomic E-state index is 12.7. The first-order valence-corrected chi connectivity index (χ1v) is 6.95. The van der Waals surface area contributed by atoms with Gasteiger partial charge in [-0.05, 0) is 37.1 Å². The van der Waals surface area contributed by atoms with E-state index in [1.807, 2.05) is 0 Å². The van der Waals surface area contributed by atoms with Crippen molar-refractivity contribution < 1.29 is 14.2 Å². The van der Waals surface area contributed by atoms with Crippen molar-refractivity contribution in [3.05, 3.63) is 30.1 Å². The first-order chi connectivity index (χ1) is 9.15. The number of hydrogen-bond acceptors (Lipinski definition) is 3. The van der Waals surface area contributed by atoms with E-state index in [0.717, 1.165) is 19.3 Å². The van der Waals surface area contributed by atoms with Gasteiger partial charge in [-0.2, -0.15) is 0 Å². The Balaban J connectivity index is 2.23. The summed E-state index contributed by atoms with van der Waals surface area (Å²) in [5.74, 6) is 0.279. The highest BCUT2D eigenvalue weighted by Crippen LogP contribution is 2.11. The average molecular weight is 269 g/mol. The standard InChI is InChI=1S/C15H24FNO2/c1-3-5-13(4-2)17-10-14(18)11-19-15-8-6-12(16)7-9-15/h6-9,13-14,17-18H,3-5,10-11H2,1-2H3. The molecule has 0 fully saturated rings. The lowest BCUT2D eigenvalue weighted by molar-refractivity contribution is 0.103. The zero-order chi connectivity index (χ0) is 14.1. The minimum absolute atomic E-state index is 0.210. The van der Waals surface area contributed by atoms with E-state index < -0.39 is 6.10 Å². The van der Waals surface area contributed by atoms with Crippen molar-refractivity contribution >= 4 is 0 Å². The second-order valence-corrected chi connectivity index (χ2v) is 4.72. The molecule has 2 atom stereocenters. The fraction of sp³-hybridized carbons (Fsp3) is 0.600. The molecule has 0 radical (unpaired) electrons. The molecule has 0 aromatic heterocycles. The normalized spacial score (nSPS) is 14.1. The minimum Gasteiger partial charge on any atom is -0.491 e. The zero-order valence-electron chi connectivity index (χ0n) is 11.7. The zero-order valence-corrected chi connectivity index (χ0v) is 11.7. The van der Waals surface area contributed by atoms with E-state index in [9.17, 15) is 9.50 Å². The van der Waals surface area contributed by atoms with Crippen LogP contribution in [0.4, 0.5) is 4.39 Å². The average Bonchev–Trinajstić information content (AvgIpc) is 2.42. The Morgan fingerprint density at radius 2 is 1.95 bits per heavy atom. The van der Waals surface area contributed by atoms with Crippen molar-refractivity contribution in [2.45, 2.75) is 45.3 Å². The van der Waals surface area contributed by atoms with E-state index in [-0.39, 0.29) is 12.4 Å². The topological polar surface area (TPSA) is 41.5 Å².